The summed E-state index contributed by atoms with van der Waals surface area (Å²) in [6.45, 7) is 0.0221. The molecule has 23 heavy (non-hydrogen) atoms. The van der Waals surface area contributed by atoms with E-state index in [9.17, 15) is 9.59 Å². The number of nitrogens with zero attached hydrogens (tertiary/aromatic N) is 1. The first-order valence-electron chi connectivity index (χ1n) is 8.19. The van der Waals surface area contributed by atoms with Gasteiger partial charge < -0.3 is 10.6 Å². The van der Waals surface area contributed by atoms with E-state index in [0.29, 0.717) is 6.42 Å². The number of carbonyl (C=O) groups is 2. The van der Waals surface area contributed by atoms with Crippen LogP contribution in [0.15, 0.2) is 42.5 Å². The van der Waals surface area contributed by atoms with Crippen LogP contribution in [-0.2, 0) is 16.0 Å². The van der Waals surface area contributed by atoms with Gasteiger partial charge in [-0.2, -0.15) is 0 Å². The minimum atomic E-state index is -0.442. The maximum absolute atomic E-state index is 12.8. The summed E-state index contributed by atoms with van der Waals surface area (Å²) in [5.41, 5.74) is 6.35. The van der Waals surface area contributed by atoms with E-state index < -0.39 is 5.91 Å². The number of hydrogen-bond donors (Lipinski definition) is 1. The van der Waals surface area contributed by atoms with Crippen molar-refractivity contribution < 1.29 is 9.59 Å². The zero-order chi connectivity index (χ0) is 16.2. The molecule has 1 fully saturated rings. The van der Waals surface area contributed by atoms with Crippen molar-refractivity contribution in [2.45, 2.75) is 38.1 Å². The van der Waals surface area contributed by atoms with Crippen LogP contribution in [0, 0.1) is 0 Å². The summed E-state index contributed by atoms with van der Waals surface area (Å²) in [5.74, 6) is -0.449. The molecule has 0 heterocycles. The lowest BCUT2D eigenvalue weighted by Gasteiger charge is -2.28. The molecule has 3 rings (SSSR count). The van der Waals surface area contributed by atoms with Crippen molar-refractivity contribution in [3.05, 3.63) is 48.0 Å². The van der Waals surface area contributed by atoms with Gasteiger partial charge in [0.1, 0.15) is 0 Å². The normalized spacial score (nSPS) is 15.0. The Morgan fingerprint density at radius 1 is 1.04 bits per heavy atom. The molecule has 2 N–H and O–H groups in total. The number of hydrogen-bond acceptors (Lipinski definition) is 2. The predicted octanol–water partition coefficient (Wildman–Crippen LogP) is 2.64. The van der Waals surface area contributed by atoms with Gasteiger partial charge in [-0.1, -0.05) is 55.3 Å². The molecule has 1 aliphatic rings. The smallest absolute Gasteiger partial charge is 0.237 e. The first-order chi connectivity index (χ1) is 11.1. The maximum Gasteiger partial charge on any atom is 0.237 e. The monoisotopic (exact) mass is 310 g/mol. The second kappa shape index (κ2) is 6.82. The average Bonchev–Trinajstić information content (AvgIpc) is 3.07. The summed E-state index contributed by atoms with van der Waals surface area (Å²) in [6.07, 6.45) is 4.47. The van der Waals surface area contributed by atoms with Crippen molar-refractivity contribution in [2.75, 3.05) is 6.54 Å². The Morgan fingerprint density at radius 3 is 2.48 bits per heavy atom. The Bertz CT molecular complexity index is 715. The fraction of sp³-hybridized carbons (Fsp3) is 0.368. The first kappa shape index (κ1) is 15.5. The van der Waals surface area contributed by atoms with Gasteiger partial charge in [-0.3, -0.25) is 9.59 Å². The molecule has 0 atom stereocenters. The molecule has 2 amide bonds. The molecule has 0 radical (unpaired) electrons. The molecule has 0 unspecified atom stereocenters. The summed E-state index contributed by atoms with van der Waals surface area (Å²) in [5, 5.41) is 2.22. The van der Waals surface area contributed by atoms with Crippen LogP contribution >= 0.6 is 0 Å². The van der Waals surface area contributed by atoms with Crippen LogP contribution in [0.1, 0.15) is 31.2 Å². The summed E-state index contributed by atoms with van der Waals surface area (Å²) in [7, 11) is 0. The molecule has 0 bridgehead atoms. The minimum absolute atomic E-state index is 0.00736. The fourth-order valence-corrected chi connectivity index (χ4v) is 3.52. The van der Waals surface area contributed by atoms with Crippen molar-refractivity contribution in [1.29, 1.82) is 0 Å². The van der Waals surface area contributed by atoms with E-state index in [1.165, 1.54) is 0 Å². The Kier molecular flexibility index (Phi) is 4.60. The van der Waals surface area contributed by atoms with Crippen LogP contribution in [0.4, 0.5) is 0 Å². The van der Waals surface area contributed by atoms with Crippen LogP contribution in [0.2, 0.25) is 0 Å². The van der Waals surface area contributed by atoms with Crippen LogP contribution in [0.25, 0.3) is 10.8 Å². The molecule has 1 saturated carbocycles. The van der Waals surface area contributed by atoms with Crippen molar-refractivity contribution >= 4 is 22.6 Å². The van der Waals surface area contributed by atoms with E-state index >= 15 is 0 Å². The highest BCUT2D eigenvalue weighted by Crippen LogP contribution is 2.25. The van der Waals surface area contributed by atoms with Gasteiger partial charge in [-0.05, 0) is 29.2 Å². The Balaban J connectivity index is 1.83. The van der Waals surface area contributed by atoms with Crippen LogP contribution in [-0.4, -0.2) is 29.3 Å². The average molecular weight is 310 g/mol. The predicted molar refractivity (Wildman–Crippen MR) is 90.8 cm³/mol. The molecule has 0 aromatic heterocycles. The van der Waals surface area contributed by atoms with Crippen LogP contribution in [0.5, 0.6) is 0 Å². The molecule has 2 aromatic carbocycles. The Hall–Kier alpha value is -2.36. The molecule has 0 spiro atoms. The second-order valence-corrected chi connectivity index (χ2v) is 6.24. The molecular formula is C19H22N2O2. The number of benzene rings is 2. The van der Waals surface area contributed by atoms with Crippen molar-refractivity contribution in [3.8, 4) is 0 Å². The lowest BCUT2D eigenvalue weighted by Crippen LogP contribution is -2.44. The molecule has 0 aliphatic heterocycles. The fourth-order valence-electron chi connectivity index (χ4n) is 3.52. The van der Waals surface area contributed by atoms with Gasteiger partial charge in [-0.25, -0.2) is 0 Å². The quantitative estimate of drug-likeness (QED) is 0.922. The molecule has 1 aliphatic carbocycles. The third kappa shape index (κ3) is 3.52. The van der Waals surface area contributed by atoms with Gasteiger partial charge in [0.2, 0.25) is 11.8 Å². The standard InChI is InChI=1S/C19H22N2O2/c20-18(22)13-21(16-9-2-3-10-16)19(23)12-15-8-5-7-14-6-1-4-11-17(14)15/h1,4-8,11,16H,2-3,9-10,12-13H2,(H2,20,22). The van der Waals surface area contributed by atoms with Crippen molar-refractivity contribution in [2.24, 2.45) is 5.73 Å². The van der Waals surface area contributed by atoms with E-state index in [0.717, 1.165) is 42.0 Å². The maximum atomic E-state index is 12.8. The highest BCUT2D eigenvalue weighted by atomic mass is 16.2. The topological polar surface area (TPSA) is 63.4 Å². The van der Waals surface area contributed by atoms with Gasteiger partial charge in [0, 0.05) is 6.04 Å². The Morgan fingerprint density at radius 2 is 1.74 bits per heavy atom. The first-order valence-corrected chi connectivity index (χ1v) is 8.19. The van der Waals surface area contributed by atoms with E-state index in [-0.39, 0.29) is 18.5 Å². The van der Waals surface area contributed by atoms with Gasteiger partial charge >= 0.3 is 0 Å². The molecular weight excluding hydrogens is 288 g/mol. The number of carbonyl (C=O) groups excluding carboxylic acids is 2. The third-order valence-corrected chi connectivity index (χ3v) is 4.63. The molecule has 2 aromatic rings. The molecule has 120 valence electrons. The van der Waals surface area contributed by atoms with E-state index in [1.807, 2.05) is 42.5 Å². The zero-order valence-electron chi connectivity index (χ0n) is 13.2. The van der Waals surface area contributed by atoms with Gasteiger partial charge in [0.25, 0.3) is 0 Å². The number of rotatable bonds is 5. The highest BCUT2D eigenvalue weighted by Gasteiger charge is 2.27. The number of amides is 2. The number of primary amides is 1. The lowest BCUT2D eigenvalue weighted by molar-refractivity contribution is -0.136. The number of fused-ring (bicyclic) bond motifs is 1. The third-order valence-electron chi connectivity index (χ3n) is 4.63. The summed E-state index contributed by atoms with van der Waals surface area (Å²) in [6, 6.07) is 14.2. The summed E-state index contributed by atoms with van der Waals surface area (Å²) >= 11 is 0. The SMILES string of the molecule is NC(=O)CN(C(=O)Cc1cccc2ccccc12)C1CCCC1. The zero-order valence-corrected chi connectivity index (χ0v) is 13.2. The van der Waals surface area contributed by atoms with Gasteiger partial charge in [-0.15, -0.1) is 0 Å². The lowest BCUT2D eigenvalue weighted by atomic mass is 10.0. The minimum Gasteiger partial charge on any atom is -0.368 e. The molecule has 4 nitrogen and oxygen atoms in total. The number of nitrogens with two attached hydrogens (primary N) is 1. The van der Waals surface area contributed by atoms with Gasteiger partial charge in [0.05, 0.1) is 13.0 Å². The largest absolute Gasteiger partial charge is 0.368 e. The van der Waals surface area contributed by atoms with Crippen molar-refractivity contribution in [1.82, 2.24) is 4.90 Å². The molecule has 4 heteroatoms. The van der Waals surface area contributed by atoms with E-state index in [4.69, 9.17) is 5.73 Å². The van der Waals surface area contributed by atoms with Crippen molar-refractivity contribution in [3.63, 3.8) is 0 Å². The summed E-state index contributed by atoms with van der Waals surface area (Å²) < 4.78 is 0. The van der Waals surface area contributed by atoms with E-state index in [2.05, 4.69) is 0 Å². The van der Waals surface area contributed by atoms with E-state index in [1.54, 1.807) is 4.90 Å². The highest BCUT2D eigenvalue weighted by molar-refractivity contribution is 5.91. The van der Waals surface area contributed by atoms with Gasteiger partial charge in [0.15, 0.2) is 0 Å². The molecule has 0 saturated heterocycles. The van der Waals surface area contributed by atoms with Crippen LogP contribution < -0.4 is 5.73 Å². The van der Waals surface area contributed by atoms with Crippen LogP contribution in [0.3, 0.4) is 0 Å². The Labute approximate surface area is 136 Å². The summed E-state index contributed by atoms with van der Waals surface area (Å²) in [4.78, 5) is 25.9. The second-order valence-electron chi connectivity index (χ2n) is 6.24.